The average Bonchev–Trinajstić information content (AvgIpc) is 2.64. The van der Waals surface area contributed by atoms with Crippen LogP contribution < -0.4 is 10.2 Å². The van der Waals surface area contributed by atoms with Gasteiger partial charge in [0, 0.05) is 39.0 Å². The Morgan fingerprint density at radius 2 is 2.04 bits per heavy atom. The highest BCUT2D eigenvalue weighted by Gasteiger charge is 2.29. The van der Waals surface area contributed by atoms with E-state index < -0.39 is 0 Å². The molecule has 6 nitrogen and oxygen atoms in total. The second-order valence-corrected chi connectivity index (χ2v) is 7.08. The molecule has 0 aromatic carbocycles. The molecule has 0 unspecified atom stereocenters. The van der Waals surface area contributed by atoms with Crippen LogP contribution in [0, 0.1) is 0 Å². The number of ether oxygens (including phenoxy) is 1. The first-order valence-electron chi connectivity index (χ1n) is 9.21. The molecule has 2 heterocycles. The third-order valence-corrected chi connectivity index (χ3v) is 5.22. The fourth-order valence-corrected chi connectivity index (χ4v) is 3.73. The number of nitrogens with zero attached hydrogens (tertiary/aromatic N) is 3. The Bertz CT molecular complexity index is 559. The number of piperazine rings is 1. The molecule has 25 heavy (non-hydrogen) atoms. The maximum Gasteiger partial charge on any atom is 0.317 e. The standard InChI is InChI=1S/C18H27ClN4O2/c1-2-25-16-6-4-3-5-15(16)21-18(24)23-11-9-22(10-12-23)17-8-7-14(19)13-20-17/h7-8,13,15-16H,2-6,9-12H2,1H3,(H,21,24)/t15-,16-/m1/s1. The molecular formula is C18H27ClN4O2. The fourth-order valence-electron chi connectivity index (χ4n) is 3.62. The van der Waals surface area contributed by atoms with E-state index in [1.54, 1.807) is 6.20 Å². The number of pyridine rings is 1. The molecule has 0 radical (unpaired) electrons. The number of rotatable bonds is 4. The van der Waals surface area contributed by atoms with Crippen LogP contribution in [0.2, 0.25) is 5.02 Å². The number of hydrogen-bond acceptors (Lipinski definition) is 4. The van der Waals surface area contributed by atoms with Crippen molar-refractivity contribution in [3.63, 3.8) is 0 Å². The molecule has 0 spiro atoms. The third kappa shape index (κ3) is 4.76. The van der Waals surface area contributed by atoms with Gasteiger partial charge in [-0.3, -0.25) is 0 Å². The number of hydrogen-bond donors (Lipinski definition) is 1. The zero-order chi connectivity index (χ0) is 17.6. The molecule has 1 aromatic rings. The Labute approximate surface area is 154 Å². The maximum atomic E-state index is 12.6. The predicted octanol–water partition coefficient (Wildman–Crippen LogP) is 2.91. The normalized spacial score (nSPS) is 24.2. The van der Waals surface area contributed by atoms with E-state index in [0.29, 0.717) is 24.7 Å². The zero-order valence-corrected chi connectivity index (χ0v) is 15.5. The van der Waals surface area contributed by atoms with Gasteiger partial charge in [0.2, 0.25) is 0 Å². The van der Waals surface area contributed by atoms with Crippen LogP contribution >= 0.6 is 11.6 Å². The van der Waals surface area contributed by atoms with Crippen LogP contribution in [0.15, 0.2) is 18.3 Å². The van der Waals surface area contributed by atoms with Gasteiger partial charge in [0.25, 0.3) is 0 Å². The molecule has 2 amide bonds. The minimum absolute atomic E-state index is 0.0281. The van der Waals surface area contributed by atoms with Crippen LogP contribution in [0.4, 0.5) is 10.6 Å². The topological polar surface area (TPSA) is 57.7 Å². The summed E-state index contributed by atoms with van der Waals surface area (Å²) in [5.74, 6) is 0.910. The molecule has 1 saturated heterocycles. The Morgan fingerprint density at radius 3 is 2.72 bits per heavy atom. The van der Waals surface area contributed by atoms with Gasteiger partial charge in [0.1, 0.15) is 5.82 Å². The van der Waals surface area contributed by atoms with Crippen molar-refractivity contribution in [3.8, 4) is 0 Å². The summed E-state index contributed by atoms with van der Waals surface area (Å²) in [7, 11) is 0. The third-order valence-electron chi connectivity index (χ3n) is 4.99. The highest BCUT2D eigenvalue weighted by Crippen LogP contribution is 2.22. The molecule has 0 bridgehead atoms. The summed E-state index contributed by atoms with van der Waals surface area (Å²) in [6.45, 7) is 5.66. The van der Waals surface area contributed by atoms with Crippen molar-refractivity contribution in [1.82, 2.24) is 15.2 Å². The van der Waals surface area contributed by atoms with Crippen molar-refractivity contribution in [2.75, 3.05) is 37.7 Å². The van der Waals surface area contributed by atoms with Crippen LogP contribution in [0.3, 0.4) is 0 Å². The van der Waals surface area contributed by atoms with Crippen molar-refractivity contribution in [3.05, 3.63) is 23.4 Å². The lowest BCUT2D eigenvalue weighted by Gasteiger charge is -2.38. The van der Waals surface area contributed by atoms with E-state index in [0.717, 1.165) is 38.2 Å². The SMILES string of the molecule is CCO[C@@H]1CCCC[C@H]1NC(=O)N1CCN(c2ccc(Cl)cn2)CC1. The Balaban J connectivity index is 1.50. The molecule has 7 heteroatoms. The lowest BCUT2D eigenvalue weighted by Crippen LogP contribution is -2.56. The van der Waals surface area contributed by atoms with Crippen LogP contribution in [-0.4, -0.2) is 60.8 Å². The van der Waals surface area contributed by atoms with Crippen molar-refractivity contribution >= 4 is 23.4 Å². The molecule has 1 aliphatic heterocycles. The Kier molecular flexibility index (Phi) is 6.37. The molecule has 2 fully saturated rings. The highest BCUT2D eigenvalue weighted by molar-refractivity contribution is 6.30. The van der Waals surface area contributed by atoms with E-state index in [1.165, 1.54) is 6.42 Å². The van der Waals surface area contributed by atoms with Gasteiger partial charge >= 0.3 is 6.03 Å². The van der Waals surface area contributed by atoms with E-state index in [1.807, 2.05) is 24.0 Å². The molecule has 2 atom stereocenters. The number of anilines is 1. The maximum absolute atomic E-state index is 12.6. The smallest absolute Gasteiger partial charge is 0.317 e. The van der Waals surface area contributed by atoms with E-state index in [2.05, 4.69) is 15.2 Å². The van der Waals surface area contributed by atoms with Crippen LogP contribution in [0.5, 0.6) is 0 Å². The van der Waals surface area contributed by atoms with Gasteiger partial charge in [0.05, 0.1) is 17.2 Å². The van der Waals surface area contributed by atoms with Crippen molar-refractivity contribution in [2.24, 2.45) is 0 Å². The zero-order valence-electron chi connectivity index (χ0n) is 14.8. The van der Waals surface area contributed by atoms with E-state index in [4.69, 9.17) is 16.3 Å². The molecule has 1 aliphatic carbocycles. The summed E-state index contributed by atoms with van der Waals surface area (Å²) in [6, 6.07) is 3.93. The van der Waals surface area contributed by atoms with Gasteiger partial charge in [-0.15, -0.1) is 0 Å². The van der Waals surface area contributed by atoms with Crippen molar-refractivity contribution in [2.45, 2.75) is 44.8 Å². The van der Waals surface area contributed by atoms with Crippen molar-refractivity contribution < 1.29 is 9.53 Å². The van der Waals surface area contributed by atoms with Gasteiger partial charge in [-0.05, 0) is 31.9 Å². The highest BCUT2D eigenvalue weighted by atomic mass is 35.5. The first-order chi connectivity index (χ1) is 12.2. The van der Waals surface area contributed by atoms with Gasteiger partial charge < -0.3 is 19.9 Å². The molecule has 1 aromatic heterocycles. The molecular weight excluding hydrogens is 340 g/mol. The van der Waals surface area contributed by atoms with Crippen molar-refractivity contribution in [1.29, 1.82) is 0 Å². The summed E-state index contributed by atoms with van der Waals surface area (Å²) in [5.41, 5.74) is 0. The molecule has 2 aliphatic rings. The number of amides is 2. The van der Waals surface area contributed by atoms with Gasteiger partial charge in [-0.25, -0.2) is 9.78 Å². The number of urea groups is 1. The largest absolute Gasteiger partial charge is 0.376 e. The lowest BCUT2D eigenvalue weighted by molar-refractivity contribution is 0.0138. The first-order valence-corrected chi connectivity index (χ1v) is 9.58. The molecule has 1 saturated carbocycles. The first kappa shape index (κ1) is 18.3. The summed E-state index contributed by atoms with van der Waals surface area (Å²) in [4.78, 5) is 21.0. The number of carbonyl (C=O) groups is 1. The minimum Gasteiger partial charge on any atom is -0.376 e. The molecule has 1 N–H and O–H groups in total. The summed E-state index contributed by atoms with van der Waals surface area (Å²) >= 11 is 5.89. The molecule has 138 valence electrons. The fraction of sp³-hybridized carbons (Fsp3) is 0.667. The number of carbonyl (C=O) groups excluding carboxylic acids is 1. The average molecular weight is 367 g/mol. The summed E-state index contributed by atoms with van der Waals surface area (Å²) < 4.78 is 5.81. The number of nitrogens with one attached hydrogen (secondary N) is 1. The van der Waals surface area contributed by atoms with Gasteiger partial charge in [0.15, 0.2) is 0 Å². The quantitative estimate of drug-likeness (QED) is 0.890. The van der Waals surface area contributed by atoms with E-state index >= 15 is 0 Å². The Morgan fingerprint density at radius 1 is 1.28 bits per heavy atom. The van der Waals surface area contributed by atoms with Gasteiger partial charge in [-0.2, -0.15) is 0 Å². The second kappa shape index (κ2) is 8.72. The lowest BCUT2D eigenvalue weighted by atomic mass is 9.92. The van der Waals surface area contributed by atoms with Crippen LogP contribution in [0.25, 0.3) is 0 Å². The van der Waals surface area contributed by atoms with Gasteiger partial charge in [-0.1, -0.05) is 24.4 Å². The summed E-state index contributed by atoms with van der Waals surface area (Å²) in [6.07, 6.45) is 6.20. The minimum atomic E-state index is 0.0281. The van der Waals surface area contributed by atoms with E-state index in [-0.39, 0.29) is 18.2 Å². The summed E-state index contributed by atoms with van der Waals surface area (Å²) in [5, 5.41) is 3.83. The number of aromatic nitrogens is 1. The van der Waals surface area contributed by atoms with Crippen LogP contribution in [-0.2, 0) is 4.74 Å². The van der Waals surface area contributed by atoms with Crippen LogP contribution in [0.1, 0.15) is 32.6 Å². The predicted molar refractivity (Wildman–Crippen MR) is 99.2 cm³/mol. The second-order valence-electron chi connectivity index (χ2n) is 6.64. The Hall–Kier alpha value is -1.53. The number of halogens is 1. The molecule has 3 rings (SSSR count). The van der Waals surface area contributed by atoms with E-state index in [9.17, 15) is 4.79 Å². The monoisotopic (exact) mass is 366 g/mol.